The number of hydrogen-bond acceptors (Lipinski definition) is 3. The average Bonchev–Trinajstić information content (AvgIpc) is 2.67. The molecule has 2 aromatic carbocycles. The molecule has 0 fully saturated rings. The fourth-order valence-corrected chi connectivity index (χ4v) is 3.66. The number of carbonyl (C=O) groups is 2. The van der Waals surface area contributed by atoms with Crippen molar-refractivity contribution >= 4 is 23.6 Å². The summed E-state index contributed by atoms with van der Waals surface area (Å²) in [5, 5.41) is 2.82. The molecular formula is C22H28N2O2S. The monoisotopic (exact) mass is 384 g/mol. The van der Waals surface area contributed by atoms with Gasteiger partial charge >= 0.3 is 0 Å². The summed E-state index contributed by atoms with van der Waals surface area (Å²) in [7, 11) is 0. The van der Waals surface area contributed by atoms with Crippen molar-refractivity contribution < 1.29 is 9.59 Å². The van der Waals surface area contributed by atoms with Gasteiger partial charge in [0.15, 0.2) is 0 Å². The van der Waals surface area contributed by atoms with Crippen LogP contribution in [0.4, 0.5) is 0 Å². The summed E-state index contributed by atoms with van der Waals surface area (Å²) in [5.41, 5.74) is 3.38. The maximum Gasteiger partial charge on any atom is 0.242 e. The van der Waals surface area contributed by atoms with Crippen LogP contribution >= 0.6 is 11.8 Å². The number of nitrogens with one attached hydrogen (secondary N) is 1. The Morgan fingerprint density at radius 1 is 1.07 bits per heavy atom. The van der Waals surface area contributed by atoms with Crippen molar-refractivity contribution in [3.8, 4) is 0 Å². The fraction of sp³-hybridized carbons (Fsp3) is 0.364. The first-order chi connectivity index (χ1) is 13.0. The second-order valence-electron chi connectivity index (χ2n) is 6.50. The van der Waals surface area contributed by atoms with Crippen LogP contribution in [0.15, 0.2) is 54.6 Å². The third kappa shape index (κ3) is 6.43. The zero-order valence-electron chi connectivity index (χ0n) is 16.3. The number of likely N-dealkylation sites (N-methyl/N-ethyl adjacent to an activating group) is 1. The summed E-state index contributed by atoms with van der Waals surface area (Å²) in [6, 6.07) is 17.6. The molecule has 1 unspecified atom stereocenters. The Labute approximate surface area is 166 Å². The molecule has 0 saturated carbocycles. The van der Waals surface area contributed by atoms with E-state index in [1.165, 1.54) is 5.56 Å². The van der Waals surface area contributed by atoms with Crippen molar-refractivity contribution in [2.75, 3.05) is 12.3 Å². The number of thioether (sulfide) groups is 1. The molecule has 0 radical (unpaired) electrons. The molecule has 0 spiro atoms. The standard InChI is InChI=1S/C22H28N2O2S/c1-4-23-22(26)18(3)24(14-20-13-9-8-10-17(20)2)21(25)16-27-15-19-11-6-5-7-12-19/h5-13,18H,4,14-16H2,1-3H3,(H,23,26). The molecule has 0 heterocycles. The summed E-state index contributed by atoms with van der Waals surface area (Å²) < 4.78 is 0. The minimum Gasteiger partial charge on any atom is -0.355 e. The van der Waals surface area contributed by atoms with Crippen molar-refractivity contribution in [1.29, 1.82) is 0 Å². The van der Waals surface area contributed by atoms with Gasteiger partial charge in [-0.1, -0.05) is 54.6 Å². The Morgan fingerprint density at radius 2 is 1.74 bits per heavy atom. The van der Waals surface area contributed by atoms with E-state index >= 15 is 0 Å². The van der Waals surface area contributed by atoms with Gasteiger partial charge in [0, 0.05) is 18.8 Å². The summed E-state index contributed by atoms with van der Waals surface area (Å²) in [6.45, 7) is 6.70. The summed E-state index contributed by atoms with van der Waals surface area (Å²) in [5.74, 6) is 0.996. The predicted octanol–water partition coefficient (Wildman–Crippen LogP) is 3.78. The molecule has 2 aromatic rings. The Kier molecular flexibility index (Phi) is 8.40. The lowest BCUT2D eigenvalue weighted by atomic mass is 10.1. The third-order valence-electron chi connectivity index (χ3n) is 4.46. The van der Waals surface area contributed by atoms with Crippen LogP contribution < -0.4 is 5.32 Å². The molecule has 0 bridgehead atoms. The molecule has 2 rings (SSSR count). The summed E-state index contributed by atoms with van der Waals surface area (Å²) in [4.78, 5) is 27.0. The topological polar surface area (TPSA) is 49.4 Å². The van der Waals surface area contributed by atoms with E-state index in [2.05, 4.69) is 17.4 Å². The predicted molar refractivity (Wildman–Crippen MR) is 112 cm³/mol. The van der Waals surface area contributed by atoms with E-state index < -0.39 is 6.04 Å². The minimum absolute atomic E-state index is 0.0158. The highest BCUT2D eigenvalue weighted by Gasteiger charge is 2.26. The van der Waals surface area contributed by atoms with Gasteiger partial charge < -0.3 is 10.2 Å². The molecule has 0 aliphatic heterocycles. The quantitative estimate of drug-likeness (QED) is 0.716. The van der Waals surface area contributed by atoms with E-state index in [0.29, 0.717) is 18.8 Å². The van der Waals surface area contributed by atoms with Gasteiger partial charge in [-0.3, -0.25) is 9.59 Å². The van der Waals surface area contributed by atoms with Crippen LogP contribution in [0.3, 0.4) is 0 Å². The number of nitrogens with zero attached hydrogens (tertiary/aromatic N) is 1. The zero-order chi connectivity index (χ0) is 19.6. The average molecular weight is 385 g/mol. The van der Waals surface area contributed by atoms with E-state index in [-0.39, 0.29) is 11.8 Å². The molecule has 1 atom stereocenters. The fourth-order valence-electron chi connectivity index (χ4n) is 2.79. The number of amides is 2. The van der Waals surface area contributed by atoms with Gasteiger partial charge in [-0.15, -0.1) is 11.8 Å². The van der Waals surface area contributed by atoms with Gasteiger partial charge in [0.1, 0.15) is 6.04 Å². The Bertz CT molecular complexity index is 749. The van der Waals surface area contributed by atoms with Crippen LogP contribution in [0.2, 0.25) is 0 Å². The second-order valence-corrected chi connectivity index (χ2v) is 7.48. The van der Waals surface area contributed by atoms with Gasteiger partial charge in [-0.2, -0.15) is 0 Å². The number of hydrogen-bond donors (Lipinski definition) is 1. The van der Waals surface area contributed by atoms with Gasteiger partial charge in [0.2, 0.25) is 11.8 Å². The number of carbonyl (C=O) groups excluding carboxylic acids is 2. The summed E-state index contributed by atoms with van der Waals surface area (Å²) >= 11 is 1.58. The molecule has 144 valence electrons. The van der Waals surface area contributed by atoms with E-state index in [1.807, 2.05) is 56.3 Å². The molecular weight excluding hydrogens is 356 g/mol. The first-order valence-corrected chi connectivity index (χ1v) is 10.4. The molecule has 0 aliphatic carbocycles. The van der Waals surface area contributed by atoms with Crippen LogP contribution in [-0.4, -0.2) is 35.1 Å². The van der Waals surface area contributed by atoms with Gasteiger partial charge in [-0.05, 0) is 37.5 Å². The summed E-state index contributed by atoms with van der Waals surface area (Å²) in [6.07, 6.45) is 0. The highest BCUT2D eigenvalue weighted by molar-refractivity contribution is 7.99. The van der Waals surface area contributed by atoms with Crippen LogP contribution in [0.25, 0.3) is 0 Å². The molecule has 0 saturated heterocycles. The van der Waals surface area contributed by atoms with E-state index in [9.17, 15) is 9.59 Å². The second kappa shape index (κ2) is 10.8. The lowest BCUT2D eigenvalue weighted by molar-refractivity contribution is -0.138. The van der Waals surface area contributed by atoms with Crippen LogP contribution in [0, 0.1) is 6.92 Å². The highest BCUT2D eigenvalue weighted by Crippen LogP contribution is 2.17. The van der Waals surface area contributed by atoms with Gasteiger partial charge in [-0.25, -0.2) is 0 Å². The third-order valence-corrected chi connectivity index (χ3v) is 5.45. The van der Waals surface area contributed by atoms with Crippen molar-refractivity contribution in [2.24, 2.45) is 0 Å². The Morgan fingerprint density at radius 3 is 2.41 bits per heavy atom. The van der Waals surface area contributed by atoms with Crippen molar-refractivity contribution in [1.82, 2.24) is 10.2 Å². The van der Waals surface area contributed by atoms with Crippen LogP contribution in [-0.2, 0) is 21.9 Å². The zero-order valence-corrected chi connectivity index (χ0v) is 17.1. The normalized spacial score (nSPS) is 11.7. The van der Waals surface area contributed by atoms with E-state index in [4.69, 9.17) is 0 Å². The first-order valence-electron chi connectivity index (χ1n) is 9.26. The van der Waals surface area contributed by atoms with Crippen molar-refractivity contribution in [2.45, 2.75) is 39.1 Å². The maximum atomic E-state index is 12.9. The lowest BCUT2D eigenvalue weighted by Gasteiger charge is -2.29. The number of rotatable bonds is 9. The largest absolute Gasteiger partial charge is 0.355 e. The molecule has 0 aromatic heterocycles. The van der Waals surface area contributed by atoms with Crippen LogP contribution in [0.5, 0.6) is 0 Å². The molecule has 2 amide bonds. The number of aryl methyl sites for hydroxylation is 1. The number of benzene rings is 2. The van der Waals surface area contributed by atoms with Gasteiger partial charge in [0.25, 0.3) is 0 Å². The minimum atomic E-state index is -0.505. The van der Waals surface area contributed by atoms with Crippen molar-refractivity contribution in [3.05, 3.63) is 71.3 Å². The van der Waals surface area contributed by atoms with E-state index in [1.54, 1.807) is 23.6 Å². The maximum absolute atomic E-state index is 12.9. The SMILES string of the molecule is CCNC(=O)C(C)N(Cc1ccccc1C)C(=O)CSCc1ccccc1. The van der Waals surface area contributed by atoms with E-state index in [0.717, 1.165) is 16.9 Å². The smallest absolute Gasteiger partial charge is 0.242 e. The molecule has 5 heteroatoms. The highest BCUT2D eigenvalue weighted by atomic mass is 32.2. The molecule has 27 heavy (non-hydrogen) atoms. The first kappa shape index (κ1) is 21.0. The van der Waals surface area contributed by atoms with Gasteiger partial charge in [0.05, 0.1) is 5.75 Å². The van der Waals surface area contributed by atoms with Crippen molar-refractivity contribution in [3.63, 3.8) is 0 Å². The molecule has 1 N–H and O–H groups in total. The molecule has 0 aliphatic rings. The lowest BCUT2D eigenvalue weighted by Crippen LogP contribution is -2.48. The Hall–Kier alpha value is -2.27. The van der Waals surface area contributed by atoms with Crippen LogP contribution in [0.1, 0.15) is 30.5 Å². The Balaban J connectivity index is 2.06. The molecule has 4 nitrogen and oxygen atoms in total.